The summed E-state index contributed by atoms with van der Waals surface area (Å²) in [5.41, 5.74) is 6.32. The molecule has 0 aliphatic carbocycles. The van der Waals surface area contributed by atoms with Crippen molar-refractivity contribution in [2.75, 3.05) is 12.0 Å². The molecule has 0 aromatic heterocycles. The fourth-order valence-corrected chi connectivity index (χ4v) is 3.75. The van der Waals surface area contributed by atoms with Gasteiger partial charge in [-0.1, -0.05) is 32.4 Å². The number of phenols is 1. The maximum Gasteiger partial charge on any atom is 0.326 e. The molecule has 0 aliphatic heterocycles. The van der Waals surface area contributed by atoms with Crippen molar-refractivity contribution in [2.24, 2.45) is 11.7 Å². The molecule has 6 unspecified atom stereocenters. The van der Waals surface area contributed by atoms with Crippen LogP contribution in [0.4, 0.5) is 0 Å². The molecule has 36 heavy (non-hydrogen) atoms. The number of carboxylic acids is 1. The molecule has 11 nitrogen and oxygen atoms in total. The maximum atomic E-state index is 13.3. The van der Waals surface area contributed by atoms with Gasteiger partial charge in [-0.05, 0) is 49.0 Å². The maximum absolute atomic E-state index is 13.3. The molecule has 6 atom stereocenters. The van der Waals surface area contributed by atoms with E-state index in [1.165, 1.54) is 30.8 Å². The van der Waals surface area contributed by atoms with Crippen LogP contribution in [0.3, 0.4) is 0 Å². The third-order valence-corrected chi connectivity index (χ3v) is 6.49. The molecule has 0 fully saturated rings. The third-order valence-electron chi connectivity index (χ3n) is 5.85. The van der Waals surface area contributed by atoms with Gasteiger partial charge in [0.2, 0.25) is 17.7 Å². The van der Waals surface area contributed by atoms with Crippen LogP contribution in [0.5, 0.6) is 5.75 Å². The van der Waals surface area contributed by atoms with Crippen molar-refractivity contribution in [3.63, 3.8) is 0 Å². The van der Waals surface area contributed by atoms with Crippen LogP contribution >= 0.6 is 11.8 Å². The van der Waals surface area contributed by atoms with Gasteiger partial charge in [0.05, 0.1) is 6.10 Å². The van der Waals surface area contributed by atoms with E-state index in [2.05, 4.69) is 16.0 Å². The SMILES string of the molecule is CCC(C)C(NC(=O)C(N)C(C)O)C(=O)NC(Cc1ccc(O)cc1)C(=O)NC(CCSC)C(=O)O. The number of carbonyl (C=O) groups excluding carboxylic acids is 3. The summed E-state index contributed by atoms with van der Waals surface area (Å²) in [5.74, 6) is -3.04. The number of hydrogen-bond acceptors (Lipinski definition) is 8. The standard InChI is InChI=1S/C24H38N4O7S/c1-5-13(2)20(28-22(32)19(25)14(3)29)23(33)27-18(12-15-6-8-16(30)9-7-15)21(31)26-17(24(34)35)10-11-36-4/h6-9,13-14,17-20,29-30H,5,10-12,25H2,1-4H3,(H,26,31)(H,27,33)(H,28,32)(H,34,35). The largest absolute Gasteiger partial charge is 0.508 e. The van der Waals surface area contributed by atoms with Crippen LogP contribution in [-0.2, 0) is 25.6 Å². The predicted molar refractivity (Wildman–Crippen MR) is 137 cm³/mol. The molecule has 3 amide bonds. The minimum absolute atomic E-state index is 0.0150. The summed E-state index contributed by atoms with van der Waals surface area (Å²) >= 11 is 1.44. The van der Waals surface area contributed by atoms with Crippen LogP contribution in [0.15, 0.2) is 24.3 Å². The quantitative estimate of drug-likeness (QED) is 0.165. The molecule has 0 radical (unpaired) electrons. The number of carbonyl (C=O) groups is 4. The number of aliphatic carboxylic acids is 1. The molecule has 0 heterocycles. The summed E-state index contributed by atoms with van der Waals surface area (Å²) in [6.07, 6.45) is 1.42. The summed E-state index contributed by atoms with van der Waals surface area (Å²) in [6.45, 7) is 4.93. The Morgan fingerprint density at radius 3 is 2.06 bits per heavy atom. The lowest BCUT2D eigenvalue weighted by atomic mass is 9.96. The first-order chi connectivity index (χ1) is 16.9. The van der Waals surface area contributed by atoms with Crippen LogP contribution < -0.4 is 21.7 Å². The molecule has 0 aliphatic rings. The number of aromatic hydroxyl groups is 1. The Morgan fingerprint density at radius 2 is 1.56 bits per heavy atom. The molecule has 8 N–H and O–H groups in total. The van der Waals surface area contributed by atoms with Crippen molar-refractivity contribution in [1.82, 2.24) is 16.0 Å². The van der Waals surface area contributed by atoms with E-state index in [0.717, 1.165) is 0 Å². The van der Waals surface area contributed by atoms with Crippen LogP contribution in [0, 0.1) is 5.92 Å². The zero-order valence-corrected chi connectivity index (χ0v) is 21.9. The predicted octanol–water partition coefficient (Wildman–Crippen LogP) is -0.0190. The third kappa shape index (κ3) is 10.0. The van der Waals surface area contributed by atoms with Crippen molar-refractivity contribution in [2.45, 2.75) is 70.3 Å². The van der Waals surface area contributed by atoms with Gasteiger partial charge in [-0.25, -0.2) is 4.79 Å². The zero-order valence-electron chi connectivity index (χ0n) is 21.1. The number of aliphatic hydroxyl groups excluding tert-OH is 1. The number of phenolic OH excluding ortho intramolecular Hbond substituents is 1. The Kier molecular flexibility index (Phi) is 13.3. The highest BCUT2D eigenvalue weighted by Crippen LogP contribution is 2.14. The van der Waals surface area contributed by atoms with Crippen molar-refractivity contribution >= 4 is 35.5 Å². The van der Waals surface area contributed by atoms with Crippen LogP contribution in [-0.4, -0.2) is 81.3 Å². The van der Waals surface area contributed by atoms with Gasteiger partial charge in [-0.2, -0.15) is 11.8 Å². The number of carboxylic acid groups (broad SMARTS) is 1. The number of aliphatic hydroxyl groups is 1. The molecule has 0 bridgehead atoms. The molecule has 1 aromatic rings. The van der Waals surface area contributed by atoms with E-state index in [1.807, 2.05) is 13.2 Å². The number of benzene rings is 1. The monoisotopic (exact) mass is 526 g/mol. The first-order valence-corrected chi connectivity index (χ1v) is 13.1. The smallest absolute Gasteiger partial charge is 0.326 e. The summed E-state index contributed by atoms with van der Waals surface area (Å²) in [7, 11) is 0. The van der Waals surface area contributed by atoms with E-state index >= 15 is 0 Å². The molecule has 1 rings (SSSR count). The van der Waals surface area contributed by atoms with E-state index in [1.54, 1.807) is 19.1 Å². The van der Waals surface area contributed by atoms with Gasteiger partial charge in [0.25, 0.3) is 0 Å². The summed E-state index contributed by atoms with van der Waals surface area (Å²) in [5, 5.41) is 36.4. The molecule has 0 saturated carbocycles. The molecule has 12 heteroatoms. The highest BCUT2D eigenvalue weighted by atomic mass is 32.2. The van der Waals surface area contributed by atoms with E-state index in [4.69, 9.17) is 5.73 Å². The Bertz CT molecular complexity index is 882. The van der Waals surface area contributed by atoms with E-state index < -0.39 is 54.0 Å². The van der Waals surface area contributed by atoms with Gasteiger partial charge in [0, 0.05) is 6.42 Å². The highest BCUT2D eigenvalue weighted by Gasteiger charge is 2.33. The second kappa shape index (κ2) is 15.3. The Hall–Kier alpha value is -2.83. The molecular weight excluding hydrogens is 488 g/mol. The molecule has 1 aromatic carbocycles. The lowest BCUT2D eigenvalue weighted by Crippen LogP contribution is -2.60. The Morgan fingerprint density at radius 1 is 0.972 bits per heavy atom. The summed E-state index contributed by atoms with van der Waals surface area (Å²) in [4.78, 5) is 50.5. The van der Waals surface area contributed by atoms with Gasteiger partial charge >= 0.3 is 5.97 Å². The topological polar surface area (TPSA) is 191 Å². The van der Waals surface area contributed by atoms with Gasteiger partial charge in [0.15, 0.2) is 0 Å². The Balaban J connectivity index is 3.17. The minimum Gasteiger partial charge on any atom is -0.508 e. The molecule has 0 saturated heterocycles. The lowest BCUT2D eigenvalue weighted by molar-refractivity contribution is -0.142. The molecule has 0 spiro atoms. The molecular formula is C24H38N4O7S. The van der Waals surface area contributed by atoms with E-state index in [0.29, 0.717) is 17.7 Å². The summed E-state index contributed by atoms with van der Waals surface area (Å²) in [6, 6.07) is 1.45. The second-order valence-electron chi connectivity index (χ2n) is 8.75. The van der Waals surface area contributed by atoms with Crippen LogP contribution in [0.2, 0.25) is 0 Å². The van der Waals surface area contributed by atoms with Gasteiger partial charge in [0.1, 0.15) is 29.9 Å². The summed E-state index contributed by atoms with van der Waals surface area (Å²) < 4.78 is 0. The van der Waals surface area contributed by atoms with Crippen LogP contribution in [0.25, 0.3) is 0 Å². The normalized spacial score (nSPS) is 16.1. The van der Waals surface area contributed by atoms with Crippen LogP contribution in [0.1, 0.15) is 39.2 Å². The number of hydrogen-bond donors (Lipinski definition) is 7. The lowest BCUT2D eigenvalue weighted by Gasteiger charge is -2.28. The first kappa shape index (κ1) is 31.2. The van der Waals surface area contributed by atoms with Crippen molar-refractivity contribution in [3.8, 4) is 5.75 Å². The minimum atomic E-state index is -1.24. The van der Waals surface area contributed by atoms with E-state index in [9.17, 15) is 34.5 Å². The first-order valence-electron chi connectivity index (χ1n) is 11.8. The second-order valence-corrected chi connectivity index (χ2v) is 9.74. The van der Waals surface area contributed by atoms with E-state index in [-0.39, 0.29) is 24.5 Å². The van der Waals surface area contributed by atoms with Gasteiger partial charge < -0.3 is 37.0 Å². The van der Waals surface area contributed by atoms with Crippen molar-refractivity contribution in [1.29, 1.82) is 0 Å². The number of nitrogens with one attached hydrogen (secondary N) is 3. The zero-order chi connectivity index (χ0) is 27.4. The Labute approximate surface area is 215 Å². The average molecular weight is 527 g/mol. The number of amides is 3. The number of nitrogens with two attached hydrogens (primary N) is 1. The molecule has 202 valence electrons. The van der Waals surface area contributed by atoms with Crippen molar-refractivity contribution in [3.05, 3.63) is 29.8 Å². The highest BCUT2D eigenvalue weighted by molar-refractivity contribution is 7.98. The van der Waals surface area contributed by atoms with Gasteiger partial charge in [-0.3, -0.25) is 14.4 Å². The number of thioether (sulfide) groups is 1. The van der Waals surface area contributed by atoms with Gasteiger partial charge in [-0.15, -0.1) is 0 Å². The number of rotatable bonds is 15. The fraction of sp³-hybridized carbons (Fsp3) is 0.583. The average Bonchev–Trinajstić information content (AvgIpc) is 2.84. The fourth-order valence-electron chi connectivity index (χ4n) is 3.27. The van der Waals surface area contributed by atoms with Crippen molar-refractivity contribution < 1.29 is 34.5 Å².